The predicted molar refractivity (Wildman–Crippen MR) is 51.4 cm³/mol. The Morgan fingerprint density at radius 2 is 2.38 bits per heavy atom. The van der Waals surface area contributed by atoms with Crippen LogP contribution in [0, 0.1) is 11.3 Å². The molecule has 0 amide bonds. The van der Waals surface area contributed by atoms with Crippen molar-refractivity contribution in [1.29, 1.82) is 5.26 Å². The molecule has 0 aromatic carbocycles. The second-order valence-electron chi connectivity index (χ2n) is 2.38. The molecule has 0 fully saturated rings. The fourth-order valence-corrected chi connectivity index (χ4v) is 3.07. The fraction of sp³-hybridized carbons (Fsp3) is 0. The van der Waals surface area contributed by atoms with Crippen LogP contribution in [0.4, 0.5) is 0 Å². The first-order valence-corrected chi connectivity index (χ1v) is 5.06. The number of carboxylic acids is 1. The molecule has 5 heteroatoms. The minimum absolute atomic E-state index is 0.290. The van der Waals surface area contributed by atoms with Crippen molar-refractivity contribution in [2.24, 2.45) is 0 Å². The molecule has 64 valence electrons. The summed E-state index contributed by atoms with van der Waals surface area (Å²) in [4.78, 5) is 10.9. The summed E-state index contributed by atoms with van der Waals surface area (Å²) in [5, 5.41) is 19.9. The van der Waals surface area contributed by atoms with Gasteiger partial charge in [0.15, 0.2) is 0 Å². The van der Waals surface area contributed by atoms with E-state index in [2.05, 4.69) is 0 Å². The number of aromatic carboxylic acids is 1. The highest BCUT2D eigenvalue weighted by Gasteiger charge is 2.12. The molecule has 0 saturated carbocycles. The molecule has 0 saturated heterocycles. The monoisotopic (exact) mass is 209 g/mol. The maximum atomic E-state index is 10.6. The van der Waals surface area contributed by atoms with Gasteiger partial charge in [-0.15, -0.1) is 22.7 Å². The fourth-order valence-electron chi connectivity index (χ4n) is 1.02. The predicted octanol–water partition coefficient (Wildman–Crippen LogP) is 2.53. The van der Waals surface area contributed by atoms with Crippen molar-refractivity contribution in [3.63, 3.8) is 0 Å². The van der Waals surface area contributed by atoms with E-state index < -0.39 is 5.97 Å². The third-order valence-electron chi connectivity index (χ3n) is 1.60. The number of thiophene rings is 2. The van der Waals surface area contributed by atoms with Gasteiger partial charge in [0.25, 0.3) is 0 Å². The molecule has 0 radical (unpaired) electrons. The first-order chi connectivity index (χ1) is 6.22. The van der Waals surface area contributed by atoms with Crippen LogP contribution in [-0.4, -0.2) is 11.1 Å². The average molecular weight is 209 g/mol. The maximum absolute atomic E-state index is 10.6. The quantitative estimate of drug-likeness (QED) is 0.785. The highest BCUT2D eigenvalue weighted by atomic mass is 32.2. The smallest absolute Gasteiger partial charge is 0.345 e. The van der Waals surface area contributed by atoms with E-state index in [1.807, 2.05) is 6.07 Å². The van der Waals surface area contributed by atoms with E-state index in [4.69, 9.17) is 10.4 Å². The maximum Gasteiger partial charge on any atom is 0.345 e. The molecule has 2 rings (SSSR count). The molecule has 0 atom stereocenters. The van der Waals surface area contributed by atoms with Crippen molar-refractivity contribution in [2.75, 3.05) is 0 Å². The Labute approximate surface area is 81.5 Å². The topological polar surface area (TPSA) is 61.1 Å². The second kappa shape index (κ2) is 2.83. The number of nitriles is 1. The number of carboxylic acid groups (broad SMARTS) is 1. The highest BCUT2D eigenvalue weighted by molar-refractivity contribution is 7.38. The van der Waals surface area contributed by atoms with Gasteiger partial charge in [0.05, 0.1) is 9.58 Å². The average Bonchev–Trinajstić information content (AvgIpc) is 2.60. The van der Waals surface area contributed by atoms with E-state index in [0.29, 0.717) is 10.4 Å². The van der Waals surface area contributed by atoms with Crippen LogP contribution in [0.25, 0.3) is 9.40 Å². The van der Waals surface area contributed by atoms with Crippen LogP contribution in [0.2, 0.25) is 0 Å². The molecule has 2 aromatic heterocycles. The van der Waals surface area contributed by atoms with Gasteiger partial charge in [-0.2, -0.15) is 5.26 Å². The molecule has 0 spiro atoms. The standard InChI is InChI=1S/C8H3NO2S2/c9-2-4-3-12-8-5(4)1-6(13-8)7(10)11/h1,3H,(H,10,11). The van der Waals surface area contributed by atoms with Crippen LogP contribution in [0.3, 0.4) is 0 Å². The summed E-state index contributed by atoms with van der Waals surface area (Å²) >= 11 is 2.62. The lowest BCUT2D eigenvalue weighted by molar-refractivity contribution is 0.0702. The Morgan fingerprint density at radius 1 is 1.62 bits per heavy atom. The molecule has 13 heavy (non-hydrogen) atoms. The zero-order valence-electron chi connectivity index (χ0n) is 6.27. The van der Waals surface area contributed by atoms with Crippen LogP contribution in [0.15, 0.2) is 11.4 Å². The van der Waals surface area contributed by atoms with Gasteiger partial charge in [-0.3, -0.25) is 0 Å². The van der Waals surface area contributed by atoms with Gasteiger partial charge in [0, 0.05) is 10.8 Å². The minimum atomic E-state index is -0.933. The summed E-state index contributed by atoms with van der Waals surface area (Å²) in [7, 11) is 0. The summed E-state index contributed by atoms with van der Waals surface area (Å²) in [5.74, 6) is -0.933. The summed E-state index contributed by atoms with van der Waals surface area (Å²) in [6.45, 7) is 0. The number of fused-ring (bicyclic) bond motifs is 1. The molecule has 0 aliphatic rings. The molecule has 1 N–H and O–H groups in total. The summed E-state index contributed by atoms with van der Waals surface area (Å²) < 4.78 is 0.897. The van der Waals surface area contributed by atoms with Crippen LogP contribution < -0.4 is 0 Å². The van der Waals surface area contributed by atoms with E-state index in [9.17, 15) is 4.79 Å². The molecule has 0 aliphatic carbocycles. The number of hydrogen-bond acceptors (Lipinski definition) is 4. The van der Waals surface area contributed by atoms with Gasteiger partial charge in [0.1, 0.15) is 10.9 Å². The Balaban J connectivity index is 2.71. The lowest BCUT2D eigenvalue weighted by Gasteiger charge is -1.81. The van der Waals surface area contributed by atoms with E-state index in [0.717, 1.165) is 9.40 Å². The molecule has 0 aliphatic heterocycles. The van der Waals surface area contributed by atoms with Crippen molar-refractivity contribution >= 4 is 38.0 Å². The van der Waals surface area contributed by atoms with E-state index in [1.54, 1.807) is 11.4 Å². The SMILES string of the molecule is N#Cc1csc2sc(C(=O)O)cc12. The van der Waals surface area contributed by atoms with Crippen molar-refractivity contribution in [2.45, 2.75) is 0 Å². The molecule has 0 bridgehead atoms. The van der Waals surface area contributed by atoms with Crippen molar-refractivity contribution in [1.82, 2.24) is 0 Å². The van der Waals surface area contributed by atoms with Gasteiger partial charge in [-0.05, 0) is 6.07 Å². The first-order valence-electron chi connectivity index (χ1n) is 3.37. The third kappa shape index (κ3) is 1.20. The van der Waals surface area contributed by atoms with Crippen molar-refractivity contribution in [3.05, 3.63) is 21.9 Å². The van der Waals surface area contributed by atoms with E-state index in [-0.39, 0.29) is 0 Å². The Kier molecular flexibility index (Phi) is 1.79. The highest BCUT2D eigenvalue weighted by Crippen LogP contribution is 2.33. The minimum Gasteiger partial charge on any atom is -0.477 e. The molecular formula is C8H3NO2S2. The van der Waals surface area contributed by atoms with Gasteiger partial charge in [0.2, 0.25) is 0 Å². The van der Waals surface area contributed by atoms with E-state index in [1.165, 1.54) is 22.7 Å². The Hall–Kier alpha value is -1.38. The van der Waals surface area contributed by atoms with Crippen LogP contribution in [-0.2, 0) is 0 Å². The molecule has 2 heterocycles. The van der Waals surface area contributed by atoms with E-state index >= 15 is 0 Å². The normalized spacial score (nSPS) is 10.1. The number of hydrogen-bond donors (Lipinski definition) is 1. The number of carbonyl (C=O) groups is 1. The lowest BCUT2D eigenvalue weighted by atomic mass is 10.2. The lowest BCUT2D eigenvalue weighted by Crippen LogP contribution is -1.89. The summed E-state index contributed by atoms with van der Waals surface area (Å²) in [5.41, 5.74) is 0.559. The summed E-state index contributed by atoms with van der Waals surface area (Å²) in [6.07, 6.45) is 0. The van der Waals surface area contributed by atoms with Crippen molar-refractivity contribution in [3.8, 4) is 6.07 Å². The summed E-state index contributed by atoms with van der Waals surface area (Å²) in [6, 6.07) is 3.58. The van der Waals surface area contributed by atoms with Gasteiger partial charge >= 0.3 is 5.97 Å². The van der Waals surface area contributed by atoms with Crippen LogP contribution >= 0.6 is 22.7 Å². The molecule has 3 nitrogen and oxygen atoms in total. The van der Waals surface area contributed by atoms with Crippen LogP contribution in [0.1, 0.15) is 15.2 Å². The second-order valence-corrected chi connectivity index (χ2v) is 4.57. The Morgan fingerprint density at radius 3 is 3.00 bits per heavy atom. The molecular weight excluding hydrogens is 206 g/mol. The number of nitrogens with zero attached hydrogens (tertiary/aromatic N) is 1. The first kappa shape index (κ1) is 8.23. The number of rotatable bonds is 1. The van der Waals surface area contributed by atoms with Crippen molar-refractivity contribution < 1.29 is 9.90 Å². The zero-order chi connectivity index (χ0) is 9.42. The molecule has 0 unspecified atom stereocenters. The van der Waals surface area contributed by atoms with Gasteiger partial charge in [-0.25, -0.2) is 4.79 Å². The van der Waals surface area contributed by atoms with Crippen LogP contribution in [0.5, 0.6) is 0 Å². The van der Waals surface area contributed by atoms with Gasteiger partial charge < -0.3 is 5.11 Å². The zero-order valence-corrected chi connectivity index (χ0v) is 7.91. The van der Waals surface area contributed by atoms with Gasteiger partial charge in [-0.1, -0.05) is 0 Å². The Bertz CT molecular complexity index is 518. The molecule has 2 aromatic rings. The largest absolute Gasteiger partial charge is 0.477 e. The third-order valence-corrected chi connectivity index (χ3v) is 3.85.